The molecule has 1 aliphatic heterocycles. The van der Waals surface area contributed by atoms with E-state index in [4.69, 9.17) is 0 Å². The summed E-state index contributed by atoms with van der Waals surface area (Å²) in [5.41, 5.74) is 0. The first-order valence-electron chi connectivity index (χ1n) is 7.03. The standard InChI is InChI=1S/C13H19F3N4O/c1-2-17-10-7-11(19-12(18-10)13(14,15)16)20-6-4-3-5-9(20)8-21/h7,9,21H,2-6,8H2,1H3,(H,17,18,19). The fourth-order valence-electron chi connectivity index (χ4n) is 2.47. The Balaban J connectivity index is 2.38. The smallest absolute Gasteiger partial charge is 0.394 e. The molecule has 0 bridgehead atoms. The number of piperidine rings is 1. The molecular formula is C13H19F3N4O. The zero-order valence-corrected chi connectivity index (χ0v) is 11.8. The van der Waals surface area contributed by atoms with Crippen LogP contribution in [0.1, 0.15) is 32.0 Å². The SMILES string of the molecule is CCNc1cc(N2CCCCC2CO)nc(C(F)(F)F)n1. The molecular weight excluding hydrogens is 285 g/mol. The number of halogens is 3. The van der Waals surface area contributed by atoms with Crippen LogP contribution in [0.25, 0.3) is 0 Å². The Kier molecular flexibility index (Phi) is 4.87. The van der Waals surface area contributed by atoms with Gasteiger partial charge in [-0.2, -0.15) is 13.2 Å². The van der Waals surface area contributed by atoms with Crippen LogP contribution in [0.2, 0.25) is 0 Å². The Morgan fingerprint density at radius 1 is 1.38 bits per heavy atom. The van der Waals surface area contributed by atoms with Crippen LogP contribution >= 0.6 is 0 Å². The van der Waals surface area contributed by atoms with Gasteiger partial charge in [0.25, 0.3) is 0 Å². The zero-order valence-electron chi connectivity index (χ0n) is 11.8. The lowest BCUT2D eigenvalue weighted by molar-refractivity contribution is -0.144. The lowest BCUT2D eigenvalue weighted by Crippen LogP contribution is -2.42. The van der Waals surface area contributed by atoms with E-state index in [0.717, 1.165) is 19.3 Å². The van der Waals surface area contributed by atoms with Crippen LogP contribution in [0.4, 0.5) is 24.8 Å². The van der Waals surface area contributed by atoms with E-state index in [1.165, 1.54) is 6.07 Å². The molecule has 2 N–H and O–H groups in total. The van der Waals surface area contributed by atoms with Crippen molar-refractivity contribution >= 4 is 11.6 Å². The maximum absolute atomic E-state index is 12.9. The molecule has 0 amide bonds. The average Bonchev–Trinajstić information content (AvgIpc) is 2.46. The summed E-state index contributed by atoms with van der Waals surface area (Å²) < 4.78 is 38.7. The summed E-state index contributed by atoms with van der Waals surface area (Å²) in [4.78, 5) is 8.89. The number of aromatic nitrogens is 2. The number of rotatable bonds is 4. The third-order valence-electron chi connectivity index (χ3n) is 3.46. The van der Waals surface area contributed by atoms with Crippen molar-refractivity contribution in [2.45, 2.75) is 38.4 Å². The van der Waals surface area contributed by atoms with Crippen LogP contribution < -0.4 is 10.2 Å². The molecule has 8 heteroatoms. The van der Waals surface area contributed by atoms with Gasteiger partial charge in [0.15, 0.2) is 0 Å². The van der Waals surface area contributed by atoms with Gasteiger partial charge >= 0.3 is 6.18 Å². The molecule has 0 radical (unpaired) electrons. The summed E-state index contributed by atoms with van der Waals surface area (Å²) in [6.07, 6.45) is -2.01. The molecule has 2 rings (SSSR count). The van der Waals surface area contributed by atoms with Crippen molar-refractivity contribution in [2.24, 2.45) is 0 Å². The largest absolute Gasteiger partial charge is 0.451 e. The molecule has 1 aliphatic rings. The fourth-order valence-corrected chi connectivity index (χ4v) is 2.47. The van der Waals surface area contributed by atoms with E-state index >= 15 is 0 Å². The predicted molar refractivity (Wildman–Crippen MR) is 73.3 cm³/mol. The van der Waals surface area contributed by atoms with Crippen LogP contribution in [0, 0.1) is 0 Å². The number of aliphatic hydroxyl groups is 1. The van der Waals surface area contributed by atoms with Gasteiger partial charge in [0.1, 0.15) is 11.6 Å². The van der Waals surface area contributed by atoms with Gasteiger partial charge in [-0.05, 0) is 26.2 Å². The molecule has 1 unspecified atom stereocenters. The molecule has 118 valence electrons. The summed E-state index contributed by atoms with van der Waals surface area (Å²) in [6.45, 7) is 2.75. The Labute approximate surface area is 121 Å². The van der Waals surface area contributed by atoms with Gasteiger partial charge in [-0.25, -0.2) is 9.97 Å². The zero-order chi connectivity index (χ0) is 15.5. The molecule has 1 atom stereocenters. The quantitative estimate of drug-likeness (QED) is 0.893. The minimum absolute atomic E-state index is 0.0953. The predicted octanol–water partition coefficient (Wildman–Crippen LogP) is 2.28. The van der Waals surface area contributed by atoms with Crippen LogP contribution in [-0.4, -0.2) is 40.8 Å². The molecule has 5 nitrogen and oxygen atoms in total. The maximum Gasteiger partial charge on any atom is 0.451 e. The van der Waals surface area contributed by atoms with E-state index in [2.05, 4.69) is 15.3 Å². The van der Waals surface area contributed by atoms with Crippen LogP contribution in [-0.2, 0) is 6.18 Å². The fraction of sp³-hybridized carbons (Fsp3) is 0.692. The number of hydrogen-bond acceptors (Lipinski definition) is 5. The van der Waals surface area contributed by atoms with E-state index < -0.39 is 12.0 Å². The van der Waals surface area contributed by atoms with E-state index in [1.807, 2.05) is 0 Å². The van der Waals surface area contributed by atoms with Gasteiger partial charge in [-0.1, -0.05) is 0 Å². The number of anilines is 2. The van der Waals surface area contributed by atoms with Crippen LogP contribution in [0.15, 0.2) is 6.07 Å². The normalized spacial score (nSPS) is 19.7. The molecule has 2 heterocycles. The van der Waals surface area contributed by atoms with Crippen molar-refractivity contribution in [3.05, 3.63) is 11.9 Å². The third kappa shape index (κ3) is 3.75. The van der Waals surface area contributed by atoms with Crippen molar-refractivity contribution in [3.63, 3.8) is 0 Å². The number of nitrogens with one attached hydrogen (secondary N) is 1. The third-order valence-corrected chi connectivity index (χ3v) is 3.46. The molecule has 0 spiro atoms. The van der Waals surface area contributed by atoms with Crippen molar-refractivity contribution in [1.82, 2.24) is 9.97 Å². The van der Waals surface area contributed by atoms with Crippen LogP contribution in [0.5, 0.6) is 0 Å². The minimum Gasteiger partial charge on any atom is -0.394 e. The summed E-state index contributed by atoms with van der Waals surface area (Å²) in [7, 11) is 0. The number of nitrogens with zero attached hydrogens (tertiary/aromatic N) is 3. The van der Waals surface area contributed by atoms with Gasteiger partial charge < -0.3 is 15.3 Å². The average molecular weight is 304 g/mol. The van der Waals surface area contributed by atoms with Crippen molar-refractivity contribution in [2.75, 3.05) is 29.9 Å². The number of alkyl halides is 3. The first-order valence-corrected chi connectivity index (χ1v) is 7.03. The Morgan fingerprint density at radius 2 is 2.14 bits per heavy atom. The molecule has 1 saturated heterocycles. The van der Waals surface area contributed by atoms with Gasteiger partial charge in [0.2, 0.25) is 5.82 Å². The molecule has 1 aromatic heterocycles. The van der Waals surface area contributed by atoms with E-state index in [-0.39, 0.29) is 24.3 Å². The molecule has 1 aromatic rings. The Bertz CT molecular complexity index is 481. The van der Waals surface area contributed by atoms with Crippen molar-refractivity contribution < 1.29 is 18.3 Å². The second kappa shape index (κ2) is 6.46. The molecule has 0 aromatic carbocycles. The first-order chi connectivity index (χ1) is 9.95. The van der Waals surface area contributed by atoms with Crippen LogP contribution in [0.3, 0.4) is 0 Å². The maximum atomic E-state index is 12.9. The number of aliphatic hydroxyl groups excluding tert-OH is 1. The lowest BCUT2D eigenvalue weighted by atomic mass is 10.0. The highest BCUT2D eigenvalue weighted by Gasteiger charge is 2.36. The summed E-state index contributed by atoms with van der Waals surface area (Å²) in [5.74, 6) is -0.790. The molecule has 0 aliphatic carbocycles. The van der Waals surface area contributed by atoms with Gasteiger partial charge in [0.05, 0.1) is 12.6 Å². The second-order valence-corrected chi connectivity index (χ2v) is 4.99. The van der Waals surface area contributed by atoms with Crippen molar-refractivity contribution in [1.29, 1.82) is 0 Å². The lowest BCUT2D eigenvalue weighted by Gasteiger charge is -2.35. The van der Waals surface area contributed by atoms with E-state index in [0.29, 0.717) is 13.1 Å². The summed E-state index contributed by atoms with van der Waals surface area (Å²) >= 11 is 0. The van der Waals surface area contributed by atoms with Gasteiger partial charge in [-0.3, -0.25) is 0 Å². The minimum atomic E-state index is -4.59. The monoisotopic (exact) mass is 304 g/mol. The Hall–Kier alpha value is -1.57. The van der Waals surface area contributed by atoms with Gasteiger partial charge in [-0.15, -0.1) is 0 Å². The van der Waals surface area contributed by atoms with Gasteiger partial charge in [0, 0.05) is 19.2 Å². The molecule has 1 fully saturated rings. The number of hydrogen-bond donors (Lipinski definition) is 2. The molecule has 21 heavy (non-hydrogen) atoms. The first kappa shape index (κ1) is 15.8. The Morgan fingerprint density at radius 3 is 2.76 bits per heavy atom. The summed E-state index contributed by atoms with van der Waals surface area (Å²) in [5, 5.41) is 12.2. The van der Waals surface area contributed by atoms with E-state index in [1.54, 1.807) is 11.8 Å². The summed E-state index contributed by atoms with van der Waals surface area (Å²) in [6, 6.07) is 1.32. The molecule has 0 saturated carbocycles. The highest BCUT2D eigenvalue weighted by atomic mass is 19.4. The van der Waals surface area contributed by atoms with Crippen molar-refractivity contribution in [3.8, 4) is 0 Å². The highest BCUT2D eigenvalue weighted by molar-refractivity contribution is 5.50. The topological polar surface area (TPSA) is 61.3 Å². The highest BCUT2D eigenvalue weighted by Crippen LogP contribution is 2.31. The van der Waals surface area contributed by atoms with E-state index in [9.17, 15) is 18.3 Å². The second-order valence-electron chi connectivity index (χ2n) is 4.99.